The molecule has 0 spiro atoms. The first-order chi connectivity index (χ1) is 11.7. The Kier molecular flexibility index (Phi) is 4.41. The summed E-state index contributed by atoms with van der Waals surface area (Å²) in [6.45, 7) is 7.93. The highest BCUT2D eigenvalue weighted by Crippen LogP contribution is 2.32. The molecule has 0 bridgehead atoms. The van der Waals surface area contributed by atoms with E-state index in [2.05, 4.69) is 42.0 Å². The molecular weight excluding hydrogens is 312 g/mol. The molecule has 0 radical (unpaired) electrons. The van der Waals surface area contributed by atoms with Gasteiger partial charge in [0, 0.05) is 11.1 Å². The summed E-state index contributed by atoms with van der Waals surface area (Å²) in [5, 5.41) is 10.9. The van der Waals surface area contributed by atoms with Crippen LogP contribution < -0.4 is 9.13 Å². The van der Waals surface area contributed by atoms with Crippen molar-refractivity contribution in [1.82, 2.24) is 9.13 Å². The number of benzene rings is 1. The third-order valence-corrected chi connectivity index (χ3v) is 4.49. The van der Waals surface area contributed by atoms with Gasteiger partial charge in [-0.15, -0.1) is 0 Å². The molecule has 0 amide bonds. The summed E-state index contributed by atoms with van der Waals surface area (Å²) in [5.41, 5.74) is 3.17. The number of hydrogen-bond donors (Lipinski definition) is 1. The fourth-order valence-corrected chi connectivity index (χ4v) is 3.02. The molecule has 0 saturated carbocycles. The second-order valence-corrected chi connectivity index (χ2v) is 7.90. The first-order valence-corrected chi connectivity index (χ1v) is 8.59. The van der Waals surface area contributed by atoms with Crippen molar-refractivity contribution in [3.05, 3.63) is 66.3 Å². The molecule has 3 rings (SSSR count). The lowest BCUT2D eigenvalue weighted by Gasteiger charge is -2.22. The minimum absolute atomic E-state index is 0.0277. The Labute approximate surface area is 149 Å². The standard InChI is InChI=1S/C20H27N4O/c1-20(2,3)18-10-16(12-23-8-6-21(4)14-23)19(25)17(11-18)13-24-9-7-22(5)15-24/h6-11,14-15H,12-13H2,1-5H3/q+1/p+1. The largest absolute Gasteiger partial charge is 0.507 e. The second kappa shape index (κ2) is 6.39. The zero-order chi connectivity index (χ0) is 18.2. The predicted octanol–water partition coefficient (Wildman–Crippen LogP) is 2.04. The highest BCUT2D eigenvalue weighted by atomic mass is 16.3. The fraction of sp³-hybridized carbons (Fsp3) is 0.400. The van der Waals surface area contributed by atoms with E-state index in [0.717, 1.165) is 11.1 Å². The van der Waals surface area contributed by atoms with E-state index in [9.17, 15) is 5.11 Å². The van der Waals surface area contributed by atoms with Crippen molar-refractivity contribution in [2.45, 2.75) is 39.3 Å². The minimum Gasteiger partial charge on any atom is -0.507 e. The van der Waals surface area contributed by atoms with Crippen molar-refractivity contribution >= 4 is 0 Å². The molecule has 0 aliphatic carbocycles. The SMILES string of the molecule is C[n+]1ccn(Cc2cc(C(C)(C)C)cc(Cn3cc[n+](C)c3)c2O)c1. The van der Waals surface area contributed by atoms with Gasteiger partial charge in [0.05, 0.1) is 14.1 Å². The highest BCUT2D eigenvalue weighted by molar-refractivity contribution is 5.46. The van der Waals surface area contributed by atoms with Gasteiger partial charge >= 0.3 is 0 Å². The van der Waals surface area contributed by atoms with Crippen LogP contribution in [-0.4, -0.2) is 14.2 Å². The van der Waals surface area contributed by atoms with Crippen molar-refractivity contribution in [3.8, 4) is 5.75 Å². The van der Waals surface area contributed by atoms with Gasteiger partial charge in [-0.2, -0.15) is 0 Å². The quantitative estimate of drug-likeness (QED) is 0.725. The Balaban J connectivity index is 2.02. The molecule has 0 unspecified atom stereocenters. The Hall–Kier alpha value is -2.56. The average Bonchev–Trinajstić information content (AvgIpc) is 3.10. The van der Waals surface area contributed by atoms with Crippen LogP contribution in [-0.2, 0) is 32.6 Å². The van der Waals surface area contributed by atoms with Crippen LogP contribution in [0.25, 0.3) is 0 Å². The van der Waals surface area contributed by atoms with E-state index >= 15 is 0 Å². The van der Waals surface area contributed by atoms with Gasteiger partial charge in [0.15, 0.2) is 0 Å². The molecule has 0 atom stereocenters. The van der Waals surface area contributed by atoms with E-state index in [4.69, 9.17) is 0 Å². The highest BCUT2D eigenvalue weighted by Gasteiger charge is 2.21. The maximum atomic E-state index is 10.9. The van der Waals surface area contributed by atoms with E-state index in [-0.39, 0.29) is 5.41 Å². The normalized spacial score (nSPS) is 11.9. The van der Waals surface area contributed by atoms with Crippen molar-refractivity contribution in [1.29, 1.82) is 0 Å². The number of nitrogens with zero attached hydrogens (tertiary/aromatic N) is 4. The lowest BCUT2D eigenvalue weighted by molar-refractivity contribution is -0.671. The third-order valence-electron chi connectivity index (χ3n) is 4.49. The molecule has 5 heteroatoms. The number of phenolic OH excluding ortho intramolecular Hbond substituents is 1. The van der Waals surface area contributed by atoms with E-state index in [1.165, 1.54) is 5.56 Å². The van der Waals surface area contributed by atoms with E-state index < -0.39 is 0 Å². The molecule has 5 nitrogen and oxygen atoms in total. The zero-order valence-corrected chi connectivity index (χ0v) is 15.8. The van der Waals surface area contributed by atoms with Gasteiger partial charge in [-0.3, -0.25) is 0 Å². The second-order valence-electron chi connectivity index (χ2n) is 7.90. The number of aromatic nitrogens is 4. The van der Waals surface area contributed by atoms with Gasteiger partial charge in [0.25, 0.3) is 0 Å². The van der Waals surface area contributed by atoms with Crippen LogP contribution in [0.3, 0.4) is 0 Å². The molecule has 132 valence electrons. The van der Waals surface area contributed by atoms with Gasteiger partial charge in [-0.05, 0) is 23.1 Å². The summed E-state index contributed by atoms with van der Waals surface area (Å²) in [7, 11) is 4.00. The van der Waals surface area contributed by atoms with Gasteiger partial charge in [-0.1, -0.05) is 20.8 Å². The van der Waals surface area contributed by atoms with Crippen molar-refractivity contribution in [3.63, 3.8) is 0 Å². The Bertz CT molecular complexity index is 820. The maximum absolute atomic E-state index is 10.9. The molecule has 0 saturated heterocycles. The summed E-state index contributed by atoms with van der Waals surface area (Å²) in [4.78, 5) is 0. The van der Waals surface area contributed by atoms with Crippen LogP contribution in [0, 0.1) is 0 Å². The molecule has 25 heavy (non-hydrogen) atoms. The van der Waals surface area contributed by atoms with Gasteiger partial charge in [-0.25, -0.2) is 18.3 Å². The van der Waals surface area contributed by atoms with Gasteiger partial charge in [0.1, 0.15) is 43.6 Å². The number of phenols is 1. The number of hydrogen-bond acceptors (Lipinski definition) is 1. The monoisotopic (exact) mass is 340 g/mol. The van der Waals surface area contributed by atoms with E-state index in [1.54, 1.807) is 0 Å². The van der Waals surface area contributed by atoms with Crippen molar-refractivity contribution in [2.24, 2.45) is 14.1 Å². The van der Waals surface area contributed by atoms with Crippen LogP contribution in [0.15, 0.2) is 49.6 Å². The minimum atomic E-state index is 0.0277. The molecule has 0 aliphatic heterocycles. The first-order valence-electron chi connectivity index (χ1n) is 8.59. The van der Waals surface area contributed by atoms with Crippen LogP contribution in [0.1, 0.15) is 37.5 Å². The molecule has 1 aromatic carbocycles. The first kappa shape index (κ1) is 17.3. The summed E-state index contributed by atoms with van der Waals surface area (Å²) < 4.78 is 8.18. The smallest absolute Gasteiger partial charge is 0.243 e. The van der Waals surface area contributed by atoms with E-state index in [1.807, 2.05) is 60.7 Å². The van der Waals surface area contributed by atoms with Crippen LogP contribution in [0.4, 0.5) is 0 Å². The lowest BCUT2D eigenvalue weighted by atomic mass is 9.84. The summed E-state index contributed by atoms with van der Waals surface area (Å²) in [6, 6.07) is 4.27. The maximum Gasteiger partial charge on any atom is 0.243 e. The predicted molar refractivity (Wildman–Crippen MR) is 96.2 cm³/mol. The zero-order valence-electron chi connectivity index (χ0n) is 15.8. The Morgan fingerprint density at radius 2 is 1.32 bits per heavy atom. The van der Waals surface area contributed by atoms with E-state index in [0.29, 0.717) is 18.8 Å². The number of rotatable bonds is 4. The molecule has 0 aliphatic rings. The van der Waals surface area contributed by atoms with Crippen LogP contribution in [0.5, 0.6) is 5.75 Å². The van der Waals surface area contributed by atoms with Crippen LogP contribution >= 0.6 is 0 Å². The summed E-state index contributed by atoms with van der Waals surface area (Å²) >= 11 is 0. The van der Waals surface area contributed by atoms with Crippen molar-refractivity contribution < 1.29 is 14.2 Å². The average molecular weight is 340 g/mol. The number of imidazole rings is 2. The molecule has 0 fully saturated rings. The summed E-state index contributed by atoms with van der Waals surface area (Å²) in [5.74, 6) is 0.390. The topological polar surface area (TPSA) is 37.8 Å². The van der Waals surface area contributed by atoms with Gasteiger partial charge < -0.3 is 5.11 Å². The lowest BCUT2D eigenvalue weighted by Crippen LogP contribution is -2.24. The Morgan fingerprint density at radius 1 is 0.880 bits per heavy atom. The molecule has 3 aromatic rings. The molecule has 2 heterocycles. The summed E-state index contributed by atoms with van der Waals surface area (Å²) in [6.07, 6.45) is 12.1. The van der Waals surface area contributed by atoms with Crippen molar-refractivity contribution in [2.75, 3.05) is 0 Å². The van der Waals surface area contributed by atoms with Gasteiger partial charge in [0.2, 0.25) is 12.7 Å². The van der Waals surface area contributed by atoms with Crippen LogP contribution in [0.2, 0.25) is 0 Å². The number of aromatic hydroxyl groups is 1. The molecule has 2 aromatic heterocycles. The number of aryl methyl sites for hydroxylation is 2. The molecular formula is C20H28N4O+2. The Morgan fingerprint density at radius 3 is 1.64 bits per heavy atom. The molecule has 1 N–H and O–H groups in total. The fourth-order valence-electron chi connectivity index (χ4n) is 3.02. The third kappa shape index (κ3) is 3.92.